The van der Waals surface area contributed by atoms with E-state index in [2.05, 4.69) is 0 Å². The van der Waals surface area contributed by atoms with E-state index in [9.17, 15) is 10.2 Å². The predicted molar refractivity (Wildman–Crippen MR) is 174 cm³/mol. The summed E-state index contributed by atoms with van der Waals surface area (Å²) in [5.74, 6) is 0.727. The van der Waals surface area contributed by atoms with E-state index >= 15 is 0 Å². The molecule has 0 radical (unpaired) electrons. The van der Waals surface area contributed by atoms with E-state index in [1.807, 2.05) is 121 Å². The van der Waals surface area contributed by atoms with Crippen molar-refractivity contribution in [1.29, 1.82) is 0 Å². The first-order chi connectivity index (χ1) is 21.7. The molecule has 0 bridgehead atoms. The highest BCUT2D eigenvalue weighted by atomic mass is 16.5. The summed E-state index contributed by atoms with van der Waals surface area (Å²) in [6.07, 6.45) is 0. The summed E-state index contributed by atoms with van der Waals surface area (Å²) in [5.41, 5.74) is 4.05. The van der Waals surface area contributed by atoms with Crippen molar-refractivity contribution in [2.75, 3.05) is 13.2 Å². The lowest BCUT2D eigenvalue weighted by molar-refractivity contribution is 0.318. The molecule has 44 heavy (non-hydrogen) atoms. The van der Waals surface area contributed by atoms with Gasteiger partial charge in [-0.15, -0.1) is 0 Å². The zero-order valence-electron chi connectivity index (χ0n) is 23.7. The third-order valence-corrected chi connectivity index (χ3v) is 8.43. The van der Waals surface area contributed by atoms with Crippen molar-refractivity contribution >= 4 is 33.3 Å². The summed E-state index contributed by atoms with van der Waals surface area (Å²) < 4.78 is 12.2. The Morgan fingerprint density at radius 2 is 0.886 bits per heavy atom. The summed E-state index contributed by atoms with van der Waals surface area (Å²) in [6, 6.07) is 39.1. The van der Waals surface area contributed by atoms with Gasteiger partial charge in [0, 0.05) is 11.1 Å². The van der Waals surface area contributed by atoms with Crippen LogP contribution in [0.1, 0.15) is 34.3 Å². The maximum absolute atomic E-state index is 12.1. The molecule has 0 aliphatic carbocycles. The number of benzene rings is 6. The van der Waals surface area contributed by atoms with Crippen molar-refractivity contribution in [3.8, 4) is 22.6 Å². The number of phenolic OH excluding ortho intramolecular Hbond substituents is 2. The maximum atomic E-state index is 12.1. The Morgan fingerprint density at radius 3 is 1.32 bits per heavy atom. The highest BCUT2D eigenvalue weighted by molar-refractivity contribution is 6.16. The molecule has 0 aromatic heterocycles. The molecule has 8 rings (SSSR count). The standard InChI is InChI=1S/C38H28N2O4/c41-35-29(37-39-31(21-43-37)23-11-3-1-4-12-23)19-25-15-7-9-17-27(25)33(35)34-28-18-10-8-16-26(28)20-30(36(34)42)38-40-32(22-44-38)24-13-5-2-6-14-24/h1-20,31-32,41-42H,21-22H2/t31-,32+. The maximum Gasteiger partial charge on any atom is 0.220 e. The minimum atomic E-state index is -0.173. The van der Waals surface area contributed by atoms with Gasteiger partial charge in [-0.3, -0.25) is 0 Å². The number of fused-ring (bicyclic) bond motifs is 2. The van der Waals surface area contributed by atoms with E-state index in [0.29, 0.717) is 47.3 Å². The summed E-state index contributed by atoms with van der Waals surface area (Å²) in [5, 5.41) is 27.5. The van der Waals surface area contributed by atoms with Crippen LogP contribution in [-0.2, 0) is 9.47 Å². The number of nitrogens with zero attached hydrogens (tertiary/aromatic N) is 2. The molecule has 0 saturated heterocycles. The number of aliphatic imine (C=N–C) groups is 2. The van der Waals surface area contributed by atoms with Gasteiger partial charge in [-0.05, 0) is 44.8 Å². The molecule has 214 valence electrons. The zero-order valence-corrected chi connectivity index (χ0v) is 23.7. The van der Waals surface area contributed by atoms with Gasteiger partial charge >= 0.3 is 0 Å². The second kappa shape index (κ2) is 10.6. The average Bonchev–Trinajstić information content (AvgIpc) is 3.77. The van der Waals surface area contributed by atoms with Crippen molar-refractivity contribution in [3.05, 3.63) is 144 Å². The zero-order chi connectivity index (χ0) is 29.6. The van der Waals surface area contributed by atoms with Crippen molar-refractivity contribution < 1.29 is 19.7 Å². The van der Waals surface area contributed by atoms with Gasteiger partial charge < -0.3 is 19.7 Å². The van der Waals surface area contributed by atoms with Crippen LogP contribution in [0, 0.1) is 0 Å². The molecule has 2 heterocycles. The molecule has 2 atom stereocenters. The first-order valence-electron chi connectivity index (χ1n) is 14.7. The van der Waals surface area contributed by atoms with Crippen molar-refractivity contribution in [1.82, 2.24) is 0 Å². The van der Waals surface area contributed by atoms with E-state index < -0.39 is 0 Å². The molecule has 6 nitrogen and oxygen atoms in total. The highest BCUT2D eigenvalue weighted by Crippen LogP contribution is 2.48. The first kappa shape index (κ1) is 26.0. The molecular weight excluding hydrogens is 548 g/mol. The van der Waals surface area contributed by atoms with Crippen LogP contribution >= 0.6 is 0 Å². The Hall–Kier alpha value is -5.62. The van der Waals surface area contributed by atoms with Crippen molar-refractivity contribution in [3.63, 3.8) is 0 Å². The van der Waals surface area contributed by atoms with Crippen LogP contribution in [-0.4, -0.2) is 35.2 Å². The Kier molecular flexibility index (Phi) is 6.26. The molecule has 0 amide bonds. The number of aromatic hydroxyl groups is 2. The monoisotopic (exact) mass is 576 g/mol. The summed E-state index contributed by atoms with van der Waals surface area (Å²) in [7, 11) is 0. The molecule has 6 aromatic rings. The van der Waals surface area contributed by atoms with E-state index in [0.717, 1.165) is 32.7 Å². The first-order valence-corrected chi connectivity index (χ1v) is 14.7. The van der Waals surface area contributed by atoms with E-state index in [-0.39, 0.29) is 23.6 Å². The SMILES string of the molecule is Oc1c(C2=N[C@H](c3ccccc3)CO2)cc2ccccc2c1-c1c(O)c(C2=N[C@@H](c3ccccc3)CO2)cc2ccccc12. The summed E-state index contributed by atoms with van der Waals surface area (Å²) >= 11 is 0. The Balaban J connectivity index is 1.34. The fourth-order valence-corrected chi connectivity index (χ4v) is 6.24. The minimum Gasteiger partial charge on any atom is -0.506 e. The topological polar surface area (TPSA) is 83.6 Å². The third kappa shape index (κ3) is 4.34. The molecule has 0 spiro atoms. The van der Waals surface area contributed by atoms with Gasteiger partial charge in [0.15, 0.2) is 0 Å². The minimum absolute atomic E-state index is 0.00907. The van der Waals surface area contributed by atoms with Crippen LogP contribution in [0.4, 0.5) is 0 Å². The van der Waals surface area contributed by atoms with E-state index in [1.54, 1.807) is 0 Å². The van der Waals surface area contributed by atoms with Gasteiger partial charge in [0.25, 0.3) is 0 Å². The van der Waals surface area contributed by atoms with Crippen LogP contribution in [0.25, 0.3) is 32.7 Å². The average molecular weight is 577 g/mol. The van der Waals surface area contributed by atoms with E-state index in [4.69, 9.17) is 19.5 Å². The highest BCUT2D eigenvalue weighted by Gasteiger charge is 2.30. The van der Waals surface area contributed by atoms with Gasteiger partial charge in [0.05, 0.1) is 11.1 Å². The molecule has 0 saturated carbocycles. The lowest BCUT2D eigenvalue weighted by Gasteiger charge is -2.18. The molecule has 0 fully saturated rings. The summed E-state index contributed by atoms with van der Waals surface area (Å²) in [4.78, 5) is 9.73. The number of hydrogen-bond acceptors (Lipinski definition) is 6. The number of phenols is 2. The van der Waals surface area contributed by atoms with Crippen molar-refractivity contribution in [2.45, 2.75) is 12.1 Å². The second-order valence-corrected chi connectivity index (χ2v) is 11.1. The van der Waals surface area contributed by atoms with Crippen molar-refractivity contribution in [2.24, 2.45) is 9.98 Å². The number of ether oxygens (including phenoxy) is 2. The fraction of sp³-hybridized carbons (Fsp3) is 0.105. The number of hydrogen-bond donors (Lipinski definition) is 2. The molecule has 2 aliphatic rings. The second-order valence-electron chi connectivity index (χ2n) is 11.1. The number of rotatable bonds is 5. The van der Waals surface area contributed by atoms with Gasteiger partial charge in [0.2, 0.25) is 11.8 Å². The Labute approximate surface area is 254 Å². The van der Waals surface area contributed by atoms with Gasteiger partial charge in [0.1, 0.15) is 36.8 Å². The van der Waals surface area contributed by atoms with Gasteiger partial charge in [-0.2, -0.15) is 0 Å². The fourth-order valence-electron chi connectivity index (χ4n) is 6.24. The molecule has 6 heteroatoms. The smallest absolute Gasteiger partial charge is 0.220 e. The van der Waals surface area contributed by atoms with Crippen LogP contribution in [0.15, 0.2) is 131 Å². The van der Waals surface area contributed by atoms with Crippen LogP contribution in [0.3, 0.4) is 0 Å². The van der Waals surface area contributed by atoms with Crippen LogP contribution in [0.2, 0.25) is 0 Å². The lowest BCUT2D eigenvalue weighted by Crippen LogP contribution is -2.05. The van der Waals surface area contributed by atoms with Crippen LogP contribution < -0.4 is 0 Å². The molecule has 6 aromatic carbocycles. The van der Waals surface area contributed by atoms with Crippen LogP contribution in [0.5, 0.6) is 11.5 Å². The van der Waals surface area contributed by atoms with E-state index in [1.165, 1.54) is 0 Å². The molecule has 2 N–H and O–H groups in total. The molecular formula is C38H28N2O4. The largest absolute Gasteiger partial charge is 0.506 e. The lowest BCUT2D eigenvalue weighted by atomic mass is 9.88. The Bertz CT molecular complexity index is 1950. The Morgan fingerprint density at radius 1 is 0.500 bits per heavy atom. The molecule has 0 unspecified atom stereocenters. The predicted octanol–water partition coefficient (Wildman–Crippen LogP) is 8.11. The third-order valence-electron chi connectivity index (χ3n) is 8.43. The quantitative estimate of drug-likeness (QED) is 0.217. The summed E-state index contributed by atoms with van der Waals surface area (Å²) in [6.45, 7) is 0.759. The van der Waals surface area contributed by atoms with Gasteiger partial charge in [-0.1, -0.05) is 109 Å². The normalized spacial score (nSPS) is 17.7. The molecule has 2 aliphatic heterocycles. The van der Waals surface area contributed by atoms with Gasteiger partial charge in [-0.25, -0.2) is 9.98 Å².